The quantitative estimate of drug-likeness (QED) is 0.916. The number of carbonyl (C=O) groups is 1. The van der Waals surface area contributed by atoms with E-state index >= 15 is 0 Å². The number of carbonyl (C=O) groups excluding carboxylic acids is 1. The van der Waals surface area contributed by atoms with Gasteiger partial charge < -0.3 is 14.6 Å². The normalized spacial score (nSPS) is 28.0. The van der Waals surface area contributed by atoms with Crippen LogP contribution in [0, 0.1) is 11.7 Å². The number of aromatic nitrogens is 1. The fraction of sp³-hybridized carbons (Fsp3) is 0.438. The van der Waals surface area contributed by atoms with Crippen LogP contribution < -0.4 is 5.32 Å². The molecule has 1 N–H and O–H groups in total. The van der Waals surface area contributed by atoms with Gasteiger partial charge in [0.2, 0.25) is 0 Å². The van der Waals surface area contributed by atoms with E-state index in [4.69, 9.17) is 0 Å². The Morgan fingerprint density at radius 2 is 2.14 bits per heavy atom. The minimum Gasteiger partial charge on any atom is -0.348 e. The molecule has 0 aromatic carbocycles. The summed E-state index contributed by atoms with van der Waals surface area (Å²) in [6.45, 7) is 3.24. The smallest absolute Gasteiger partial charge is 0.253 e. The van der Waals surface area contributed by atoms with Gasteiger partial charge in [-0.3, -0.25) is 4.79 Å². The Morgan fingerprint density at radius 1 is 1.33 bits per heavy atom. The molecule has 0 aliphatic carbocycles. The van der Waals surface area contributed by atoms with E-state index in [0.29, 0.717) is 17.0 Å². The molecule has 2 bridgehead atoms. The van der Waals surface area contributed by atoms with Crippen LogP contribution in [0.25, 0.3) is 5.52 Å². The van der Waals surface area contributed by atoms with Crippen molar-refractivity contribution in [3.8, 4) is 0 Å². The molecule has 110 valence electrons. The van der Waals surface area contributed by atoms with Crippen LogP contribution in [0.2, 0.25) is 0 Å². The molecule has 1 amide bonds. The number of hydrogen-bond acceptors (Lipinski definition) is 2. The third kappa shape index (κ3) is 2.21. The second-order valence-corrected chi connectivity index (χ2v) is 6.10. The molecule has 0 saturated carbocycles. The first kappa shape index (κ1) is 12.8. The first-order valence-electron chi connectivity index (χ1n) is 7.50. The fourth-order valence-corrected chi connectivity index (χ4v) is 3.60. The van der Waals surface area contributed by atoms with Crippen LogP contribution in [-0.4, -0.2) is 40.9 Å². The molecule has 5 heteroatoms. The molecule has 21 heavy (non-hydrogen) atoms. The number of hydrogen-bond donors (Lipinski definition) is 1. The van der Waals surface area contributed by atoms with Crippen LogP contribution in [0.4, 0.5) is 4.39 Å². The molecular weight excluding hydrogens is 269 g/mol. The minimum atomic E-state index is -0.306. The Bertz CT molecular complexity index is 688. The second-order valence-electron chi connectivity index (χ2n) is 6.10. The Hall–Kier alpha value is -1.88. The number of pyridine rings is 1. The zero-order valence-electron chi connectivity index (χ0n) is 11.8. The molecule has 3 aliphatic rings. The maximum atomic E-state index is 13.7. The van der Waals surface area contributed by atoms with Crippen molar-refractivity contribution in [1.82, 2.24) is 14.6 Å². The summed E-state index contributed by atoms with van der Waals surface area (Å²) in [6.07, 6.45) is 5.77. The van der Waals surface area contributed by atoms with Gasteiger partial charge in [-0.05, 0) is 50.0 Å². The summed E-state index contributed by atoms with van der Waals surface area (Å²) in [5, 5.41) is 3.13. The Balaban J connectivity index is 1.55. The molecule has 0 spiro atoms. The van der Waals surface area contributed by atoms with E-state index < -0.39 is 0 Å². The van der Waals surface area contributed by atoms with Gasteiger partial charge in [0.05, 0.1) is 11.1 Å². The topological polar surface area (TPSA) is 36.8 Å². The predicted octanol–water partition coefficient (Wildman–Crippen LogP) is 1.90. The lowest BCUT2D eigenvalue weighted by molar-refractivity contribution is 0.0620. The van der Waals surface area contributed by atoms with Gasteiger partial charge in [0.1, 0.15) is 5.82 Å². The van der Waals surface area contributed by atoms with Crippen molar-refractivity contribution in [2.24, 2.45) is 5.92 Å². The van der Waals surface area contributed by atoms with E-state index in [0.717, 1.165) is 32.5 Å². The van der Waals surface area contributed by atoms with Gasteiger partial charge in [0, 0.05) is 25.0 Å². The van der Waals surface area contributed by atoms with E-state index in [1.807, 2.05) is 0 Å². The van der Waals surface area contributed by atoms with Gasteiger partial charge in [-0.2, -0.15) is 0 Å². The van der Waals surface area contributed by atoms with Gasteiger partial charge in [-0.15, -0.1) is 0 Å². The zero-order chi connectivity index (χ0) is 14.4. The van der Waals surface area contributed by atoms with Gasteiger partial charge in [0.15, 0.2) is 0 Å². The second kappa shape index (κ2) is 4.84. The predicted molar refractivity (Wildman–Crippen MR) is 77.8 cm³/mol. The molecule has 2 aromatic rings. The summed E-state index contributed by atoms with van der Waals surface area (Å²) in [5.74, 6) is 0.184. The minimum absolute atomic E-state index is 0.100. The maximum Gasteiger partial charge on any atom is 0.253 e. The molecule has 0 unspecified atom stereocenters. The van der Waals surface area contributed by atoms with Crippen LogP contribution >= 0.6 is 0 Å². The van der Waals surface area contributed by atoms with Crippen molar-refractivity contribution in [2.75, 3.05) is 19.6 Å². The monoisotopic (exact) mass is 287 g/mol. The molecular formula is C16H18FN3O. The summed E-state index contributed by atoms with van der Waals surface area (Å²) in [7, 11) is 0. The van der Waals surface area contributed by atoms with Crippen molar-refractivity contribution in [3.63, 3.8) is 0 Å². The average molecular weight is 287 g/mol. The lowest BCUT2D eigenvalue weighted by Crippen LogP contribution is -2.57. The number of amides is 1. The Morgan fingerprint density at radius 3 is 2.81 bits per heavy atom. The largest absolute Gasteiger partial charge is 0.348 e. The lowest BCUT2D eigenvalue weighted by atomic mass is 9.84. The highest BCUT2D eigenvalue weighted by Crippen LogP contribution is 2.27. The van der Waals surface area contributed by atoms with Crippen LogP contribution in [-0.2, 0) is 0 Å². The summed E-state index contributed by atoms with van der Waals surface area (Å²) in [5.41, 5.74) is 0.966. The standard InChI is InChI=1S/C16H18FN3O/c17-13-2-1-5-20-9-12(8-15(13)20)16(21)18-14-10-19-6-3-11(14)4-7-19/h1-2,5,8-9,11,14H,3-4,6-7,10H2,(H,18,21)/t14-/m0/s1. The molecule has 3 aliphatic heterocycles. The lowest BCUT2D eigenvalue weighted by Gasteiger charge is -2.44. The van der Waals surface area contributed by atoms with E-state index in [9.17, 15) is 9.18 Å². The van der Waals surface area contributed by atoms with Gasteiger partial charge in [-0.1, -0.05) is 0 Å². The third-order valence-electron chi connectivity index (χ3n) is 4.82. The average Bonchev–Trinajstić information content (AvgIpc) is 2.94. The zero-order valence-corrected chi connectivity index (χ0v) is 11.8. The third-order valence-corrected chi connectivity index (χ3v) is 4.82. The molecule has 3 fully saturated rings. The Labute approximate surface area is 122 Å². The summed E-state index contributed by atoms with van der Waals surface area (Å²) >= 11 is 0. The first-order valence-corrected chi connectivity index (χ1v) is 7.50. The number of nitrogens with zero attached hydrogens (tertiary/aromatic N) is 2. The van der Waals surface area contributed by atoms with Crippen molar-refractivity contribution in [1.29, 1.82) is 0 Å². The van der Waals surface area contributed by atoms with Crippen molar-refractivity contribution in [2.45, 2.75) is 18.9 Å². The van der Waals surface area contributed by atoms with E-state index in [-0.39, 0.29) is 17.8 Å². The van der Waals surface area contributed by atoms with Crippen molar-refractivity contribution >= 4 is 11.4 Å². The van der Waals surface area contributed by atoms with Gasteiger partial charge in [-0.25, -0.2) is 4.39 Å². The molecule has 4 nitrogen and oxygen atoms in total. The summed E-state index contributed by atoms with van der Waals surface area (Å²) < 4.78 is 15.3. The highest BCUT2D eigenvalue weighted by Gasteiger charge is 2.35. The molecule has 5 rings (SSSR count). The number of fused-ring (bicyclic) bond motifs is 4. The van der Waals surface area contributed by atoms with E-state index in [2.05, 4.69) is 10.2 Å². The van der Waals surface area contributed by atoms with Gasteiger partial charge >= 0.3 is 0 Å². The molecule has 3 saturated heterocycles. The van der Waals surface area contributed by atoms with Gasteiger partial charge in [0.25, 0.3) is 5.91 Å². The fourth-order valence-electron chi connectivity index (χ4n) is 3.60. The summed E-state index contributed by atoms with van der Waals surface area (Å²) in [6, 6.07) is 4.89. The SMILES string of the molecule is O=C(N[C@H]1CN2CCC1CC2)c1cc2c(F)cccn2c1. The van der Waals surface area contributed by atoms with Crippen LogP contribution in [0.15, 0.2) is 30.6 Å². The highest BCUT2D eigenvalue weighted by atomic mass is 19.1. The molecule has 2 aromatic heterocycles. The molecule has 1 atom stereocenters. The number of nitrogens with one attached hydrogen (secondary N) is 1. The van der Waals surface area contributed by atoms with E-state index in [1.54, 1.807) is 28.9 Å². The van der Waals surface area contributed by atoms with Crippen LogP contribution in [0.3, 0.4) is 0 Å². The molecule has 5 heterocycles. The maximum absolute atomic E-state index is 13.7. The molecule has 0 radical (unpaired) electrons. The number of rotatable bonds is 2. The van der Waals surface area contributed by atoms with Crippen molar-refractivity contribution < 1.29 is 9.18 Å². The number of piperidine rings is 3. The number of halogens is 1. The first-order chi connectivity index (χ1) is 10.2. The summed E-state index contributed by atoms with van der Waals surface area (Å²) in [4.78, 5) is 14.8. The highest BCUT2D eigenvalue weighted by molar-refractivity contribution is 5.95. The Kier molecular flexibility index (Phi) is 2.96. The van der Waals surface area contributed by atoms with Crippen LogP contribution in [0.5, 0.6) is 0 Å². The van der Waals surface area contributed by atoms with E-state index in [1.165, 1.54) is 6.07 Å². The van der Waals surface area contributed by atoms with Crippen molar-refractivity contribution in [3.05, 3.63) is 42.0 Å². The van der Waals surface area contributed by atoms with Crippen LogP contribution in [0.1, 0.15) is 23.2 Å².